The number of carboxylic acids is 2. The molecular weight excluding hydrogens is 1640 g/mol. The van der Waals surface area contributed by atoms with Crippen molar-refractivity contribution in [3.63, 3.8) is 0 Å². The molecular formula is C111H141BrLiNO11Si. The number of carbonyl (C=O) groups excluding carboxylic acids is 5. The Labute approximate surface area is 776 Å². The predicted molar refractivity (Wildman–Crippen MR) is 527 cm³/mol. The summed E-state index contributed by atoms with van der Waals surface area (Å²) in [6.45, 7) is 63.9. The van der Waals surface area contributed by atoms with E-state index in [0.717, 1.165) is 90.9 Å². The summed E-state index contributed by atoms with van der Waals surface area (Å²) in [5.74, 6) is -0.274. The Morgan fingerprint density at radius 2 is 0.659 bits per heavy atom. The van der Waals surface area contributed by atoms with Gasteiger partial charge in [-0.05, 0) is 368 Å². The van der Waals surface area contributed by atoms with Crippen LogP contribution in [0.1, 0.15) is 348 Å². The van der Waals surface area contributed by atoms with Crippen molar-refractivity contribution in [1.29, 1.82) is 0 Å². The SMILES string of the molecule is CC(C)=C1CCC(C)(C)c2ccc(Br)cc21.CC(C)=C1CCC(C)(C)c2ccc(C(=O)Nc3ccc(C)cc3)cc21.CC(C)=C1CCC(C)(C)c2ccc(C(=O)O)cc21.CC(C)=C1CCC(C)(C)c2ccc(C(=O)O)cc21.CC(C)=C1CCC(C)(C)c2ccc(C(=O)Oc3ccc(C)cc3)cc21.C[C-](C)C.Cc1ccc(C(=O)OCC[Si](C)(C)C)cc1.O=C=O.[Li+]. The molecule has 12 nitrogen and oxygen atoms in total. The third-order valence-electron chi connectivity index (χ3n) is 24.3. The van der Waals surface area contributed by atoms with Gasteiger partial charge < -0.3 is 30.9 Å². The molecule has 0 heterocycles. The van der Waals surface area contributed by atoms with Crippen molar-refractivity contribution in [1.82, 2.24) is 0 Å². The molecule has 0 spiro atoms. The van der Waals surface area contributed by atoms with Crippen molar-refractivity contribution in [2.45, 2.75) is 297 Å². The normalized spacial score (nSPS) is 15.2. The van der Waals surface area contributed by atoms with Gasteiger partial charge in [-0.2, -0.15) is 30.4 Å². The van der Waals surface area contributed by atoms with Gasteiger partial charge >= 0.3 is 48.9 Å². The van der Waals surface area contributed by atoms with E-state index in [9.17, 15) is 24.0 Å². The molecule has 0 saturated heterocycles. The summed E-state index contributed by atoms with van der Waals surface area (Å²) in [7, 11) is -1.11. The molecule has 5 aliphatic rings. The fourth-order valence-electron chi connectivity index (χ4n) is 16.4. The Hall–Kier alpha value is -9.52. The zero-order chi connectivity index (χ0) is 93.8. The first-order valence-electron chi connectivity index (χ1n) is 44.0. The molecule has 1 amide bonds. The molecule has 0 radical (unpaired) electrons. The van der Waals surface area contributed by atoms with Crippen molar-refractivity contribution in [2.24, 2.45) is 0 Å². The van der Waals surface area contributed by atoms with Crippen LogP contribution in [0.25, 0.3) is 27.9 Å². The number of aromatic carboxylic acids is 2. The number of halogens is 1. The van der Waals surface area contributed by atoms with Gasteiger partial charge in [0, 0.05) is 23.8 Å². The van der Waals surface area contributed by atoms with E-state index in [1.165, 1.54) is 129 Å². The molecule has 3 N–H and O–H groups in total. The van der Waals surface area contributed by atoms with Crippen molar-refractivity contribution < 1.29 is 72.1 Å². The Kier molecular flexibility index (Phi) is 39.5. The largest absolute Gasteiger partial charge is 1.00 e. The van der Waals surface area contributed by atoms with Crippen molar-refractivity contribution >= 4 is 93.5 Å². The fraction of sp³-hybridized carbons (Fsp3) is 0.414. The van der Waals surface area contributed by atoms with Crippen molar-refractivity contribution in [3.05, 3.63) is 302 Å². The maximum Gasteiger partial charge on any atom is 1.00 e. The number of fused-ring (bicyclic) bond motifs is 5. The molecule has 13 rings (SSSR count). The second kappa shape index (κ2) is 46.5. The van der Waals surface area contributed by atoms with E-state index in [2.05, 4.69) is 237 Å². The van der Waals surface area contributed by atoms with Gasteiger partial charge in [0.25, 0.3) is 5.91 Å². The van der Waals surface area contributed by atoms with Crippen molar-refractivity contribution in [3.8, 4) is 5.75 Å². The number of anilines is 1. The number of carboxylic acid groups (broad SMARTS) is 2. The van der Waals surface area contributed by atoms with E-state index < -0.39 is 20.0 Å². The third-order valence-corrected chi connectivity index (χ3v) is 26.5. The van der Waals surface area contributed by atoms with Crippen LogP contribution in [0.5, 0.6) is 5.75 Å². The minimum atomic E-state index is -1.11. The molecule has 0 saturated carbocycles. The zero-order valence-corrected chi connectivity index (χ0v) is 84.1. The first kappa shape index (κ1) is 107. The molecule has 0 atom stereocenters. The average molecular weight is 1780 g/mol. The Morgan fingerprint density at radius 3 is 0.968 bits per heavy atom. The van der Waals surface area contributed by atoms with Crippen LogP contribution in [0, 0.1) is 26.7 Å². The number of carbonyl (C=O) groups is 5. The second-order valence-corrected chi connectivity index (χ2v) is 46.6. The van der Waals surface area contributed by atoms with Crippen LogP contribution in [0.15, 0.2) is 196 Å². The minimum absolute atomic E-state index is 0. The van der Waals surface area contributed by atoms with Crippen LogP contribution in [-0.4, -0.2) is 60.8 Å². The number of allylic oxidation sites excluding steroid dienone is 10. The van der Waals surface area contributed by atoms with Gasteiger partial charge in [0.05, 0.1) is 28.9 Å². The summed E-state index contributed by atoms with van der Waals surface area (Å²) in [5, 5.41) is 21.3. The zero-order valence-electron chi connectivity index (χ0n) is 81.5. The molecule has 0 fully saturated rings. The summed E-state index contributed by atoms with van der Waals surface area (Å²) in [6, 6.07) is 53.9. The maximum atomic E-state index is 12.7. The smallest absolute Gasteiger partial charge is 0.478 e. The first-order valence-corrected chi connectivity index (χ1v) is 48.5. The maximum absolute atomic E-state index is 12.7. The molecule has 0 aliphatic heterocycles. The number of hydrogen-bond donors (Lipinski definition) is 3. The number of esters is 2. The standard InChI is InChI=1S/C23H27NO.C23H26O2.2C16H20O2.C15H19Br.C13H20O2Si.C4H9.CO2.Li/c1-15(2)19-12-13-23(4,5)21-11-8-17(14-20(19)21)22(25)24-18-9-6-16(3)7-10-18;1-15(2)19-12-13-23(4,5)21-11-8-17(14-20(19)21)22(24)25-18-9-6-16(3)7-10-18;2*1-10(2)12-7-8-16(3,4)14-6-5-11(15(17)18)9-13(12)14;1-10(2)12-7-8-15(3,4)14-6-5-11(16)9-13(12)14;1-11-5-7-12(8-6-11)13(14)15-9-10-16(2,3)4;1-4(2)3;2-1-3;/h6-11,14H,12-13H2,1-5H3,(H,24,25);6-11,14H,12-13H2,1-5H3;2*5-6,9H,7-8H2,1-4H3,(H,17,18);5-6,9H,7-8H2,1-4H3;5-8H,9-10H2,1-4H3;1-3H3;;/q;;;;;;-1;;+1. The van der Waals surface area contributed by atoms with Gasteiger partial charge in [0.1, 0.15) is 5.75 Å². The predicted octanol–water partition coefficient (Wildman–Crippen LogP) is 27.5. The molecule has 8 aromatic carbocycles. The Balaban J connectivity index is 0.000000266. The first-order chi connectivity index (χ1) is 58.1. The van der Waals surface area contributed by atoms with Crippen LogP contribution in [-0.2, 0) is 41.4 Å². The number of rotatable bonds is 10. The van der Waals surface area contributed by atoms with E-state index in [4.69, 9.17) is 29.3 Å². The summed E-state index contributed by atoms with van der Waals surface area (Å²) < 4.78 is 12.0. The molecule has 126 heavy (non-hydrogen) atoms. The van der Waals surface area contributed by atoms with Crippen LogP contribution in [0.3, 0.4) is 0 Å². The quantitative estimate of drug-likeness (QED) is 0.0511. The van der Waals surface area contributed by atoms with Crippen LogP contribution in [0.4, 0.5) is 5.69 Å². The van der Waals surface area contributed by atoms with Crippen LogP contribution in [0.2, 0.25) is 25.7 Å². The number of amides is 1. The number of benzene rings is 8. The van der Waals surface area contributed by atoms with E-state index >= 15 is 0 Å². The summed E-state index contributed by atoms with van der Waals surface area (Å²) in [4.78, 5) is 75.4. The van der Waals surface area contributed by atoms with Gasteiger partial charge in [-0.3, -0.25) is 4.79 Å². The average Bonchev–Trinajstić information content (AvgIpc) is 0.779. The van der Waals surface area contributed by atoms with Gasteiger partial charge in [0.2, 0.25) is 0 Å². The van der Waals surface area contributed by atoms with Gasteiger partial charge in [0.15, 0.2) is 0 Å². The number of ether oxygens (including phenoxy) is 2. The van der Waals surface area contributed by atoms with Crippen LogP contribution >= 0.6 is 15.9 Å². The molecule has 5 aliphatic carbocycles. The van der Waals surface area contributed by atoms with Crippen LogP contribution < -0.4 is 28.9 Å². The van der Waals surface area contributed by atoms with Crippen molar-refractivity contribution in [2.75, 3.05) is 11.9 Å². The molecule has 668 valence electrons. The van der Waals surface area contributed by atoms with Gasteiger partial charge in [-0.25, -0.2) is 19.2 Å². The Bertz CT molecular complexity index is 5130. The van der Waals surface area contributed by atoms with E-state index in [-0.39, 0.29) is 64.5 Å². The minimum Gasteiger partial charge on any atom is -0.478 e. The molecule has 0 aromatic heterocycles. The van der Waals surface area contributed by atoms with E-state index in [0.29, 0.717) is 40.0 Å². The summed E-state index contributed by atoms with van der Waals surface area (Å²) >= 11 is 3.58. The topological polar surface area (TPSA) is 190 Å². The summed E-state index contributed by atoms with van der Waals surface area (Å²) in [5.41, 5.74) is 34.4. The number of hydrogen-bond acceptors (Lipinski definition) is 9. The number of aryl methyl sites for hydroxylation is 3. The molecule has 8 aromatic rings. The molecule has 0 unspecified atom stereocenters. The Morgan fingerprint density at radius 1 is 0.397 bits per heavy atom. The molecule has 0 bridgehead atoms. The fourth-order valence-corrected chi connectivity index (χ4v) is 17.5. The molecule has 15 heteroatoms. The second-order valence-electron chi connectivity index (χ2n) is 40.1. The van der Waals surface area contributed by atoms with E-state index in [1.807, 2.05) is 136 Å². The third kappa shape index (κ3) is 30.3. The monoisotopic (exact) mass is 1780 g/mol. The number of nitrogens with one attached hydrogen (secondary N) is 1. The van der Waals surface area contributed by atoms with Gasteiger partial charge in [-0.1, -0.05) is 216 Å². The van der Waals surface area contributed by atoms with Gasteiger partial charge in [-0.15, -0.1) is 0 Å². The summed E-state index contributed by atoms with van der Waals surface area (Å²) in [6.07, 6.45) is 11.4. The van der Waals surface area contributed by atoms with E-state index in [1.54, 1.807) is 12.1 Å².